The number of aliphatic hydroxyl groups is 1. The molecule has 14 heteroatoms. The second-order valence-corrected chi connectivity index (χ2v) is 10.0. The van der Waals surface area contributed by atoms with Gasteiger partial charge < -0.3 is 15.4 Å². The van der Waals surface area contributed by atoms with Gasteiger partial charge in [-0.25, -0.2) is 18.3 Å². The van der Waals surface area contributed by atoms with Crippen LogP contribution in [0.5, 0.6) is 0 Å². The largest absolute Gasteiger partial charge is 0.475 e. The maximum atomic E-state index is 13.6. The van der Waals surface area contributed by atoms with E-state index in [9.17, 15) is 23.2 Å². The average Bonchev–Trinajstić information content (AvgIpc) is 3.34. The topological polar surface area (TPSA) is 155 Å². The number of aliphatic hydroxyl groups excluding tert-OH is 1. The van der Waals surface area contributed by atoms with Gasteiger partial charge in [-0.15, -0.1) is 0 Å². The van der Waals surface area contributed by atoms with Crippen molar-refractivity contribution in [1.82, 2.24) is 19.5 Å². The van der Waals surface area contributed by atoms with Crippen molar-refractivity contribution >= 4 is 24.9 Å². The third kappa shape index (κ3) is 4.41. The van der Waals surface area contributed by atoms with Crippen molar-refractivity contribution in [3.05, 3.63) is 64.2 Å². The number of hydrogen-bond donors (Lipinski definition) is 3. The van der Waals surface area contributed by atoms with Gasteiger partial charge in [0.25, 0.3) is 5.56 Å². The Hall–Kier alpha value is -2.96. The Morgan fingerprint density at radius 1 is 1.37 bits per heavy atom. The van der Waals surface area contributed by atoms with Crippen molar-refractivity contribution < 1.29 is 32.0 Å². The third-order valence-corrected chi connectivity index (χ3v) is 7.71. The first-order chi connectivity index (χ1) is 16.6. The van der Waals surface area contributed by atoms with E-state index in [0.29, 0.717) is 11.1 Å². The number of nitrogens with zero attached hydrogens (tertiary/aromatic N) is 3. The number of imidazole rings is 1. The van der Waals surface area contributed by atoms with Gasteiger partial charge >= 0.3 is 7.82 Å². The normalized spacial score (nSPS) is 29.2. The lowest BCUT2D eigenvalue weighted by Crippen LogP contribution is -2.22. The zero-order valence-corrected chi connectivity index (χ0v) is 19.2. The number of hydrogen-bond acceptors (Lipinski definition) is 9. The highest BCUT2D eigenvalue weighted by Gasteiger charge is 2.42. The molecule has 0 bridgehead atoms. The summed E-state index contributed by atoms with van der Waals surface area (Å²) in [6.07, 6.45) is 0.169. The van der Waals surface area contributed by atoms with Gasteiger partial charge in [0.15, 0.2) is 22.8 Å². The highest BCUT2D eigenvalue weighted by atomic mass is 31.2. The molecule has 5 atom stereocenters. The Balaban J connectivity index is 1.30. The van der Waals surface area contributed by atoms with E-state index in [4.69, 9.17) is 19.3 Å². The molecule has 1 aliphatic heterocycles. The maximum Gasteiger partial charge on any atom is 0.475 e. The van der Waals surface area contributed by atoms with E-state index in [0.717, 1.165) is 12.1 Å². The predicted octanol–water partition coefficient (Wildman–Crippen LogP) is 2.76. The molecular weight excluding hydrogens is 487 g/mol. The summed E-state index contributed by atoms with van der Waals surface area (Å²) in [4.78, 5) is 22.7. The van der Waals surface area contributed by atoms with E-state index in [1.54, 1.807) is 4.57 Å². The van der Waals surface area contributed by atoms with Gasteiger partial charge in [-0.05, 0) is 29.7 Å². The molecule has 1 saturated heterocycles. The molecule has 3 aromatic rings. The third-order valence-electron chi connectivity index (χ3n) is 6.23. The fourth-order valence-corrected chi connectivity index (χ4v) is 5.82. The number of nitrogens with one attached hydrogen (secondary N) is 1. The molecule has 1 aliphatic carbocycles. The van der Waals surface area contributed by atoms with E-state index in [1.807, 2.05) is 0 Å². The van der Waals surface area contributed by atoms with E-state index >= 15 is 0 Å². The van der Waals surface area contributed by atoms with Crippen molar-refractivity contribution in [2.24, 2.45) is 5.92 Å². The number of halogens is 2. The minimum Gasteiger partial charge on any atom is -0.392 e. The van der Waals surface area contributed by atoms with Gasteiger partial charge in [-0.2, -0.15) is 4.98 Å². The molecule has 1 aromatic carbocycles. The lowest BCUT2D eigenvalue weighted by atomic mass is 10.0. The number of phosphoric acid groups is 1. The van der Waals surface area contributed by atoms with Crippen molar-refractivity contribution in [1.29, 1.82) is 0 Å². The van der Waals surface area contributed by atoms with Crippen molar-refractivity contribution in [2.75, 3.05) is 18.9 Å². The Morgan fingerprint density at radius 3 is 2.94 bits per heavy atom. The van der Waals surface area contributed by atoms with E-state index < -0.39 is 49.2 Å². The molecule has 2 aliphatic rings. The Bertz CT molecular complexity index is 1410. The first-order valence-electron chi connectivity index (χ1n) is 10.8. The van der Waals surface area contributed by atoms with Gasteiger partial charge in [0.2, 0.25) is 5.95 Å². The highest BCUT2D eigenvalue weighted by Crippen LogP contribution is 2.58. The van der Waals surface area contributed by atoms with Gasteiger partial charge in [0.1, 0.15) is 0 Å². The zero-order valence-electron chi connectivity index (χ0n) is 18.3. The Labute approximate surface area is 197 Å². The van der Waals surface area contributed by atoms with Gasteiger partial charge in [-0.1, -0.05) is 12.6 Å². The molecule has 4 N–H and O–H groups in total. The number of aromatic amines is 1. The van der Waals surface area contributed by atoms with Crippen LogP contribution in [-0.2, 0) is 18.1 Å². The first kappa shape index (κ1) is 23.8. The molecule has 0 spiro atoms. The molecule has 2 aromatic heterocycles. The number of fused-ring (bicyclic) bond motifs is 1. The summed E-state index contributed by atoms with van der Waals surface area (Å²) in [6.45, 7) is 3.84. The summed E-state index contributed by atoms with van der Waals surface area (Å²) < 4.78 is 57.8. The second kappa shape index (κ2) is 8.92. The molecule has 186 valence electrons. The van der Waals surface area contributed by atoms with Crippen LogP contribution in [0, 0.1) is 17.6 Å². The smallest absolute Gasteiger partial charge is 0.392 e. The van der Waals surface area contributed by atoms with Crippen LogP contribution >= 0.6 is 7.82 Å². The molecule has 11 nitrogen and oxygen atoms in total. The van der Waals surface area contributed by atoms with Crippen molar-refractivity contribution in [3.63, 3.8) is 0 Å². The number of nitrogens with two attached hydrogens (primary N) is 1. The van der Waals surface area contributed by atoms with Crippen LogP contribution in [0.1, 0.15) is 30.6 Å². The zero-order chi connectivity index (χ0) is 24.9. The number of nitrogen functional groups attached to an aromatic ring is 1. The number of phosphoric ester groups is 1. The minimum absolute atomic E-state index is 0.0143. The van der Waals surface area contributed by atoms with Gasteiger partial charge in [0.05, 0.1) is 37.8 Å². The number of anilines is 1. The van der Waals surface area contributed by atoms with Crippen molar-refractivity contribution in [3.8, 4) is 0 Å². The van der Waals surface area contributed by atoms with Crippen LogP contribution in [0.15, 0.2) is 41.5 Å². The summed E-state index contributed by atoms with van der Waals surface area (Å²) >= 11 is 0. The molecular formula is C21H22F2N5O6P. The quantitative estimate of drug-likeness (QED) is 0.348. The summed E-state index contributed by atoms with van der Waals surface area (Å²) in [5, 5.41) is 10.7. The van der Waals surface area contributed by atoms with Gasteiger partial charge in [-0.3, -0.25) is 23.3 Å². The van der Waals surface area contributed by atoms with Crippen LogP contribution in [-0.4, -0.2) is 43.9 Å². The SMILES string of the molecule is C=C1[C@H](CO[P@]2(=O)OCC[C@H](c3ccc(F)c(F)c3)O2)[C@@H](O)C[C@@H]1n1cnc2c(=O)[nH]c(N)nc21. The lowest BCUT2D eigenvalue weighted by molar-refractivity contribution is 0.0164. The molecule has 0 unspecified atom stereocenters. The van der Waals surface area contributed by atoms with E-state index in [2.05, 4.69) is 21.5 Å². The molecule has 1 saturated carbocycles. The fourth-order valence-electron chi connectivity index (χ4n) is 4.41. The molecule has 3 heterocycles. The highest BCUT2D eigenvalue weighted by molar-refractivity contribution is 7.48. The van der Waals surface area contributed by atoms with Crippen LogP contribution < -0.4 is 11.3 Å². The summed E-state index contributed by atoms with van der Waals surface area (Å²) in [5.74, 6) is -2.77. The molecule has 35 heavy (non-hydrogen) atoms. The summed E-state index contributed by atoms with van der Waals surface area (Å²) in [7, 11) is -4.06. The Kier molecular flexibility index (Phi) is 6.06. The molecule has 0 amide bonds. The lowest BCUT2D eigenvalue weighted by Gasteiger charge is -2.30. The van der Waals surface area contributed by atoms with Crippen LogP contribution in [0.25, 0.3) is 11.2 Å². The second-order valence-electron chi connectivity index (χ2n) is 8.41. The van der Waals surface area contributed by atoms with Crippen LogP contribution in [0.3, 0.4) is 0 Å². The molecule has 0 radical (unpaired) electrons. The monoisotopic (exact) mass is 509 g/mol. The van der Waals surface area contributed by atoms with Crippen molar-refractivity contribution in [2.45, 2.75) is 31.1 Å². The number of aromatic nitrogens is 4. The van der Waals surface area contributed by atoms with Crippen LogP contribution in [0.2, 0.25) is 0 Å². The summed E-state index contributed by atoms with van der Waals surface area (Å²) in [6, 6.07) is 2.81. The number of benzene rings is 1. The maximum absolute atomic E-state index is 13.6. The minimum atomic E-state index is -4.06. The van der Waals surface area contributed by atoms with Crippen LogP contribution in [0.4, 0.5) is 14.7 Å². The average molecular weight is 509 g/mol. The van der Waals surface area contributed by atoms with Gasteiger partial charge in [0, 0.05) is 12.3 Å². The Morgan fingerprint density at radius 2 is 2.17 bits per heavy atom. The number of H-pyrrole nitrogens is 1. The number of rotatable bonds is 5. The fraction of sp³-hybridized carbons (Fsp3) is 0.381. The summed E-state index contributed by atoms with van der Waals surface area (Å²) in [5.41, 5.74) is 6.35. The molecule has 5 rings (SSSR count). The first-order valence-corrected chi connectivity index (χ1v) is 12.2. The van der Waals surface area contributed by atoms with E-state index in [1.165, 1.54) is 12.4 Å². The standard InChI is InChI=1S/C21H22F2N5O6P/c1-10-12(16(29)7-15(10)28-9-25-18-19(28)26-21(24)27-20(18)30)8-33-35(31)32-5-4-17(34-35)11-2-3-13(22)14(23)6-11/h2-3,6,9,12,15-17,29H,1,4-5,7-8H2,(H3,24,26,27,30)/t12-,15-,16-,17+,35-/m0/s1. The molecule has 2 fully saturated rings. The van der Waals surface area contributed by atoms with E-state index in [-0.39, 0.29) is 43.2 Å². The predicted molar refractivity (Wildman–Crippen MR) is 119 cm³/mol.